The first kappa shape index (κ1) is 15.5. The quantitative estimate of drug-likeness (QED) is 0.640. The molecule has 1 aliphatic carbocycles. The Morgan fingerprint density at radius 2 is 2.13 bits per heavy atom. The van der Waals surface area contributed by atoms with Crippen LogP contribution >= 0.6 is 0 Å². The second kappa shape index (κ2) is 6.02. The van der Waals surface area contributed by atoms with Gasteiger partial charge in [-0.1, -0.05) is 25.7 Å². The largest absolute Gasteiger partial charge is 0.481 e. The molecule has 0 radical (unpaired) electrons. The fraction of sp³-hybridized carbons (Fsp3) is 0.471. The van der Waals surface area contributed by atoms with Crippen LogP contribution in [0.25, 0.3) is 10.9 Å². The lowest BCUT2D eigenvalue weighted by atomic mass is 9.87. The van der Waals surface area contributed by atoms with Crippen molar-refractivity contribution in [2.24, 2.45) is 5.92 Å². The first-order chi connectivity index (χ1) is 11.0. The predicted molar refractivity (Wildman–Crippen MR) is 86.6 cm³/mol. The number of carboxylic acids is 1. The van der Waals surface area contributed by atoms with Crippen molar-refractivity contribution in [3.8, 4) is 0 Å². The highest BCUT2D eigenvalue weighted by Gasteiger charge is 2.28. The molecule has 0 spiro atoms. The van der Waals surface area contributed by atoms with E-state index >= 15 is 0 Å². The van der Waals surface area contributed by atoms with Gasteiger partial charge in [0.2, 0.25) is 0 Å². The van der Waals surface area contributed by atoms with Crippen molar-refractivity contribution in [1.29, 1.82) is 0 Å². The van der Waals surface area contributed by atoms with Gasteiger partial charge in [0.15, 0.2) is 0 Å². The van der Waals surface area contributed by atoms with E-state index in [1.807, 2.05) is 0 Å². The highest BCUT2D eigenvalue weighted by atomic mass is 16.6. The van der Waals surface area contributed by atoms with Crippen molar-refractivity contribution in [1.82, 2.24) is 4.98 Å². The average molecular weight is 316 g/mol. The Balaban J connectivity index is 2.01. The number of nitrogens with zero attached hydrogens (tertiary/aromatic N) is 1. The fourth-order valence-electron chi connectivity index (χ4n) is 3.71. The number of fused-ring (bicyclic) bond motifs is 1. The van der Waals surface area contributed by atoms with Crippen LogP contribution in [0.5, 0.6) is 0 Å². The molecular formula is C17H20N2O4. The molecule has 6 nitrogen and oxygen atoms in total. The minimum absolute atomic E-state index is 0.0496. The molecule has 6 heteroatoms. The summed E-state index contributed by atoms with van der Waals surface area (Å²) in [6, 6.07) is 3.21. The van der Waals surface area contributed by atoms with E-state index in [0.29, 0.717) is 23.4 Å². The van der Waals surface area contributed by atoms with Gasteiger partial charge in [-0.05, 0) is 30.9 Å². The number of benzene rings is 1. The van der Waals surface area contributed by atoms with E-state index in [-0.39, 0.29) is 5.69 Å². The summed E-state index contributed by atoms with van der Waals surface area (Å²) < 4.78 is 0. The highest BCUT2D eigenvalue weighted by molar-refractivity contribution is 5.91. The monoisotopic (exact) mass is 316 g/mol. The minimum Gasteiger partial charge on any atom is -0.481 e. The molecule has 1 fully saturated rings. The molecule has 1 unspecified atom stereocenters. The second-order valence-corrected chi connectivity index (χ2v) is 6.46. The standard InChI is InChI=1S/C17H20N2O4/c1-10-6-12-14(9-18-15(12)8-16(10)19(22)23)13(17(20)21)7-11-4-2-3-5-11/h6,8-9,11,13,18H,2-5,7H2,1H3,(H,20,21). The number of aryl methyl sites for hydroxylation is 1. The van der Waals surface area contributed by atoms with Crippen LogP contribution < -0.4 is 0 Å². The summed E-state index contributed by atoms with van der Waals surface area (Å²) in [4.78, 5) is 25.4. The first-order valence-electron chi connectivity index (χ1n) is 7.96. The number of H-pyrrole nitrogens is 1. The topological polar surface area (TPSA) is 96.2 Å². The van der Waals surface area contributed by atoms with Crippen LogP contribution in [-0.4, -0.2) is 21.0 Å². The van der Waals surface area contributed by atoms with Crippen molar-refractivity contribution in [3.05, 3.63) is 39.6 Å². The van der Waals surface area contributed by atoms with E-state index in [1.165, 1.54) is 18.9 Å². The third-order valence-corrected chi connectivity index (χ3v) is 4.94. The molecule has 0 amide bonds. The van der Waals surface area contributed by atoms with Crippen LogP contribution in [-0.2, 0) is 4.79 Å². The Morgan fingerprint density at radius 3 is 2.74 bits per heavy atom. The zero-order chi connectivity index (χ0) is 16.6. The number of aromatic amines is 1. The van der Waals surface area contributed by atoms with Crippen LogP contribution in [0, 0.1) is 23.0 Å². The molecule has 3 rings (SSSR count). The Bertz CT molecular complexity index is 759. The van der Waals surface area contributed by atoms with Gasteiger partial charge in [0, 0.05) is 23.2 Å². The van der Waals surface area contributed by atoms with E-state index in [9.17, 15) is 20.0 Å². The van der Waals surface area contributed by atoms with Gasteiger partial charge in [-0.25, -0.2) is 0 Å². The number of hydrogen-bond donors (Lipinski definition) is 2. The smallest absolute Gasteiger partial charge is 0.311 e. The highest BCUT2D eigenvalue weighted by Crippen LogP contribution is 2.37. The Morgan fingerprint density at radius 1 is 1.43 bits per heavy atom. The lowest BCUT2D eigenvalue weighted by Crippen LogP contribution is -2.14. The summed E-state index contributed by atoms with van der Waals surface area (Å²) in [6.45, 7) is 1.68. The zero-order valence-electron chi connectivity index (χ0n) is 13.0. The van der Waals surface area contributed by atoms with Gasteiger partial charge >= 0.3 is 5.97 Å². The number of aliphatic carboxylic acids is 1. The molecule has 122 valence electrons. The van der Waals surface area contributed by atoms with E-state index < -0.39 is 16.8 Å². The maximum atomic E-state index is 11.8. The summed E-state index contributed by atoms with van der Waals surface area (Å²) in [7, 11) is 0. The van der Waals surface area contributed by atoms with Crippen molar-refractivity contribution >= 4 is 22.6 Å². The lowest BCUT2D eigenvalue weighted by molar-refractivity contribution is -0.385. The van der Waals surface area contributed by atoms with Crippen LogP contribution in [0.2, 0.25) is 0 Å². The maximum absolute atomic E-state index is 11.8. The third-order valence-electron chi connectivity index (χ3n) is 4.94. The molecule has 1 saturated carbocycles. The van der Waals surface area contributed by atoms with Gasteiger partial charge in [0.25, 0.3) is 5.69 Å². The van der Waals surface area contributed by atoms with E-state index in [0.717, 1.165) is 23.8 Å². The summed E-state index contributed by atoms with van der Waals surface area (Å²) in [5, 5.41) is 21.5. The van der Waals surface area contributed by atoms with Crippen molar-refractivity contribution in [2.45, 2.75) is 44.9 Å². The predicted octanol–water partition coefficient (Wildman–Crippen LogP) is 4.13. The summed E-state index contributed by atoms with van der Waals surface area (Å²) in [6.07, 6.45) is 6.87. The van der Waals surface area contributed by atoms with Gasteiger partial charge < -0.3 is 10.1 Å². The number of nitro benzene ring substituents is 1. The van der Waals surface area contributed by atoms with Gasteiger partial charge in [-0.2, -0.15) is 0 Å². The van der Waals surface area contributed by atoms with E-state index in [4.69, 9.17) is 0 Å². The lowest BCUT2D eigenvalue weighted by Gasteiger charge is -2.16. The Kier molecular flexibility index (Phi) is 4.07. The molecule has 1 aliphatic rings. The number of rotatable bonds is 5. The zero-order valence-corrected chi connectivity index (χ0v) is 13.0. The summed E-state index contributed by atoms with van der Waals surface area (Å²) in [5.41, 5.74) is 1.95. The molecule has 1 atom stereocenters. The van der Waals surface area contributed by atoms with E-state index in [1.54, 1.807) is 19.2 Å². The Labute approximate surface area is 133 Å². The third kappa shape index (κ3) is 2.93. The van der Waals surface area contributed by atoms with Gasteiger partial charge in [0.05, 0.1) is 16.4 Å². The van der Waals surface area contributed by atoms with Gasteiger partial charge in [0.1, 0.15) is 0 Å². The molecule has 1 aromatic heterocycles. The molecule has 1 heterocycles. The molecule has 2 N–H and O–H groups in total. The number of aromatic nitrogens is 1. The van der Waals surface area contributed by atoms with Gasteiger partial charge in [-0.15, -0.1) is 0 Å². The van der Waals surface area contributed by atoms with Crippen LogP contribution in [0.4, 0.5) is 5.69 Å². The van der Waals surface area contributed by atoms with Crippen molar-refractivity contribution < 1.29 is 14.8 Å². The van der Waals surface area contributed by atoms with E-state index in [2.05, 4.69) is 4.98 Å². The van der Waals surface area contributed by atoms with Crippen molar-refractivity contribution in [2.75, 3.05) is 0 Å². The first-order valence-corrected chi connectivity index (χ1v) is 7.96. The SMILES string of the molecule is Cc1cc2c(C(CC3CCCC3)C(=O)O)c[nH]c2cc1[N+](=O)[O-]. The number of carbonyl (C=O) groups is 1. The number of nitrogens with one attached hydrogen (secondary N) is 1. The second-order valence-electron chi connectivity index (χ2n) is 6.46. The summed E-state index contributed by atoms with van der Waals surface area (Å²) in [5.74, 6) is -0.929. The number of hydrogen-bond acceptors (Lipinski definition) is 3. The molecule has 0 aliphatic heterocycles. The van der Waals surface area contributed by atoms with Crippen LogP contribution in [0.15, 0.2) is 18.3 Å². The normalized spacial score (nSPS) is 16.7. The maximum Gasteiger partial charge on any atom is 0.311 e. The molecule has 2 aromatic rings. The van der Waals surface area contributed by atoms with Gasteiger partial charge in [-0.3, -0.25) is 14.9 Å². The number of carboxylic acid groups (broad SMARTS) is 1. The molecule has 0 saturated heterocycles. The molecule has 0 bridgehead atoms. The summed E-state index contributed by atoms with van der Waals surface area (Å²) >= 11 is 0. The average Bonchev–Trinajstić information content (AvgIpc) is 3.12. The molecule has 1 aromatic carbocycles. The minimum atomic E-state index is -0.825. The molecular weight excluding hydrogens is 296 g/mol. The van der Waals surface area contributed by atoms with Crippen LogP contribution in [0.1, 0.15) is 49.1 Å². The number of nitro groups is 1. The van der Waals surface area contributed by atoms with Crippen molar-refractivity contribution in [3.63, 3.8) is 0 Å². The Hall–Kier alpha value is -2.37. The van der Waals surface area contributed by atoms with Crippen LogP contribution in [0.3, 0.4) is 0 Å². The molecule has 23 heavy (non-hydrogen) atoms. The fourth-order valence-corrected chi connectivity index (χ4v) is 3.71.